The fourth-order valence-corrected chi connectivity index (χ4v) is 2.55. The van der Waals surface area contributed by atoms with E-state index in [1.807, 2.05) is 0 Å². The predicted octanol–water partition coefficient (Wildman–Crippen LogP) is 1.64. The quantitative estimate of drug-likeness (QED) is 0.888. The average Bonchev–Trinajstić information content (AvgIpc) is 2.35. The summed E-state index contributed by atoms with van der Waals surface area (Å²) in [5.41, 5.74) is -1.43. The smallest absolute Gasteiger partial charge is 0.335 e. The molecule has 7 heteroatoms. The lowest BCUT2D eigenvalue weighted by atomic mass is 10.0. The Morgan fingerprint density at radius 1 is 1.43 bits per heavy atom. The molecule has 1 heterocycles. The molecular formula is C14H17F2NO4. The Kier molecular flexibility index (Phi) is 4.15. The maximum absolute atomic E-state index is 14.1. The number of aliphatic hydroxyl groups is 1. The van der Waals surface area contributed by atoms with E-state index in [2.05, 4.69) is 0 Å². The second-order valence-electron chi connectivity index (χ2n) is 5.66. The topological polar surface area (TPSA) is 70.0 Å². The molecule has 1 unspecified atom stereocenters. The van der Waals surface area contributed by atoms with Crippen molar-refractivity contribution in [2.45, 2.75) is 25.6 Å². The van der Waals surface area contributed by atoms with E-state index in [0.717, 1.165) is 12.1 Å². The third-order valence-corrected chi connectivity index (χ3v) is 3.27. The van der Waals surface area contributed by atoms with E-state index < -0.39 is 34.9 Å². The third-order valence-electron chi connectivity index (χ3n) is 3.27. The van der Waals surface area contributed by atoms with Gasteiger partial charge in [0.1, 0.15) is 17.3 Å². The van der Waals surface area contributed by atoms with Gasteiger partial charge in [0.2, 0.25) is 0 Å². The van der Waals surface area contributed by atoms with Crippen LogP contribution >= 0.6 is 0 Å². The number of ether oxygens (including phenoxy) is 1. The van der Waals surface area contributed by atoms with E-state index in [4.69, 9.17) is 9.84 Å². The van der Waals surface area contributed by atoms with Gasteiger partial charge in [0, 0.05) is 13.1 Å². The third kappa shape index (κ3) is 3.30. The van der Waals surface area contributed by atoms with E-state index in [0.29, 0.717) is 0 Å². The summed E-state index contributed by atoms with van der Waals surface area (Å²) in [7, 11) is 0. The summed E-state index contributed by atoms with van der Waals surface area (Å²) in [5.74, 6) is -3.28. The maximum atomic E-state index is 14.1. The number of halogens is 2. The molecule has 0 aromatic heterocycles. The van der Waals surface area contributed by atoms with E-state index in [1.54, 1.807) is 13.8 Å². The number of carbonyl (C=O) groups is 1. The van der Waals surface area contributed by atoms with E-state index in [9.17, 15) is 18.7 Å². The molecule has 0 bridgehead atoms. The van der Waals surface area contributed by atoms with Gasteiger partial charge in [0.15, 0.2) is 0 Å². The zero-order valence-electron chi connectivity index (χ0n) is 11.8. The highest BCUT2D eigenvalue weighted by atomic mass is 19.1. The number of rotatable bonds is 3. The van der Waals surface area contributed by atoms with Crippen molar-refractivity contribution in [3.8, 4) is 0 Å². The lowest BCUT2D eigenvalue weighted by Crippen LogP contribution is -2.54. The summed E-state index contributed by atoms with van der Waals surface area (Å²) in [4.78, 5) is 12.2. The minimum atomic E-state index is -1.39. The number of hydrogen-bond acceptors (Lipinski definition) is 4. The molecule has 1 aromatic rings. The fourth-order valence-electron chi connectivity index (χ4n) is 2.55. The van der Waals surface area contributed by atoms with Crippen LogP contribution in [0.1, 0.15) is 24.2 Å². The van der Waals surface area contributed by atoms with E-state index in [1.165, 1.54) is 4.90 Å². The van der Waals surface area contributed by atoms with Crippen molar-refractivity contribution in [2.75, 3.05) is 24.6 Å². The van der Waals surface area contributed by atoms with Crippen molar-refractivity contribution >= 4 is 11.7 Å². The van der Waals surface area contributed by atoms with Crippen LogP contribution < -0.4 is 4.90 Å². The van der Waals surface area contributed by atoms with Crippen LogP contribution in [-0.2, 0) is 4.74 Å². The largest absolute Gasteiger partial charge is 0.478 e. The van der Waals surface area contributed by atoms with Gasteiger partial charge >= 0.3 is 5.97 Å². The van der Waals surface area contributed by atoms with Crippen LogP contribution in [0.5, 0.6) is 0 Å². The Bertz CT molecular complexity index is 539. The first-order chi connectivity index (χ1) is 9.73. The molecule has 21 heavy (non-hydrogen) atoms. The molecule has 0 spiro atoms. The molecule has 1 aliphatic heterocycles. The molecular weight excluding hydrogens is 284 g/mol. The number of morpholine rings is 1. The van der Waals surface area contributed by atoms with Gasteiger partial charge in [0.05, 0.1) is 23.9 Å². The molecule has 1 aromatic carbocycles. The number of aromatic carboxylic acids is 1. The van der Waals surface area contributed by atoms with Crippen molar-refractivity contribution in [1.29, 1.82) is 0 Å². The Balaban J connectivity index is 2.39. The molecule has 0 saturated carbocycles. The van der Waals surface area contributed by atoms with Crippen LogP contribution in [0.2, 0.25) is 0 Å². The Labute approximate surface area is 120 Å². The molecule has 0 amide bonds. The van der Waals surface area contributed by atoms with Gasteiger partial charge in [0.25, 0.3) is 0 Å². The van der Waals surface area contributed by atoms with E-state index >= 15 is 0 Å². The molecule has 0 aliphatic carbocycles. The molecule has 116 valence electrons. The highest BCUT2D eigenvalue weighted by molar-refractivity contribution is 5.88. The first-order valence-electron chi connectivity index (χ1n) is 6.49. The molecule has 2 N–H and O–H groups in total. The number of anilines is 1. The van der Waals surface area contributed by atoms with Gasteiger partial charge in [-0.1, -0.05) is 0 Å². The zero-order chi connectivity index (χ0) is 15.8. The van der Waals surface area contributed by atoms with Crippen molar-refractivity contribution < 1.29 is 28.5 Å². The number of nitrogens with zero attached hydrogens (tertiary/aromatic N) is 1. The van der Waals surface area contributed by atoms with Crippen LogP contribution in [0.3, 0.4) is 0 Å². The highest BCUT2D eigenvalue weighted by Crippen LogP contribution is 2.30. The van der Waals surface area contributed by atoms with E-state index in [-0.39, 0.29) is 25.4 Å². The fraction of sp³-hybridized carbons (Fsp3) is 0.500. The van der Waals surface area contributed by atoms with Gasteiger partial charge in [-0.05, 0) is 26.0 Å². The number of carboxylic acid groups (broad SMARTS) is 1. The van der Waals surface area contributed by atoms with Crippen LogP contribution in [0.15, 0.2) is 12.1 Å². The molecule has 1 fully saturated rings. The van der Waals surface area contributed by atoms with Crippen LogP contribution in [-0.4, -0.2) is 47.6 Å². The number of aliphatic hydroxyl groups excluding tert-OH is 1. The van der Waals surface area contributed by atoms with Gasteiger partial charge in [-0.15, -0.1) is 0 Å². The average molecular weight is 301 g/mol. The standard InChI is InChI=1S/C14H17F2NO4/c1-14(2)7-17(5-9(6-18)21-14)12-10(15)3-8(13(19)20)4-11(12)16/h3-4,9,18H,5-7H2,1-2H3,(H,19,20). The normalized spacial score (nSPS) is 21.4. The van der Waals surface area contributed by atoms with Gasteiger partial charge in [-0.25, -0.2) is 13.6 Å². The molecule has 0 radical (unpaired) electrons. The van der Waals surface area contributed by atoms with Crippen molar-refractivity contribution in [1.82, 2.24) is 0 Å². The monoisotopic (exact) mass is 301 g/mol. The molecule has 1 saturated heterocycles. The highest BCUT2D eigenvalue weighted by Gasteiger charge is 2.35. The summed E-state index contributed by atoms with van der Waals surface area (Å²) < 4.78 is 33.8. The SMILES string of the molecule is CC1(C)CN(c2c(F)cc(C(=O)O)cc2F)CC(CO)O1. The van der Waals surface area contributed by atoms with Gasteiger partial charge < -0.3 is 19.8 Å². The molecule has 1 aliphatic rings. The van der Waals surface area contributed by atoms with Crippen LogP contribution in [0.4, 0.5) is 14.5 Å². The van der Waals surface area contributed by atoms with Gasteiger partial charge in [-0.2, -0.15) is 0 Å². The summed E-state index contributed by atoms with van der Waals surface area (Å²) in [6.07, 6.45) is -0.563. The first-order valence-corrected chi connectivity index (χ1v) is 6.49. The Morgan fingerprint density at radius 3 is 2.48 bits per heavy atom. The zero-order valence-corrected chi connectivity index (χ0v) is 11.8. The first kappa shape index (κ1) is 15.7. The molecule has 1 atom stereocenters. The minimum Gasteiger partial charge on any atom is -0.478 e. The summed E-state index contributed by atoms with van der Waals surface area (Å²) in [6, 6.07) is 1.58. The van der Waals surface area contributed by atoms with Crippen molar-refractivity contribution in [3.05, 3.63) is 29.3 Å². The lowest BCUT2D eigenvalue weighted by molar-refractivity contribution is -0.101. The lowest BCUT2D eigenvalue weighted by Gasteiger charge is -2.43. The number of benzene rings is 1. The molecule has 5 nitrogen and oxygen atoms in total. The number of carboxylic acids is 1. The summed E-state index contributed by atoms with van der Waals surface area (Å²) >= 11 is 0. The summed E-state index contributed by atoms with van der Waals surface area (Å²) in [6.45, 7) is 3.59. The predicted molar refractivity (Wildman–Crippen MR) is 71.6 cm³/mol. The van der Waals surface area contributed by atoms with Crippen molar-refractivity contribution in [2.24, 2.45) is 0 Å². The minimum absolute atomic E-state index is 0.125. The summed E-state index contributed by atoms with van der Waals surface area (Å²) in [5, 5.41) is 18.0. The Hall–Kier alpha value is -1.73. The number of hydrogen-bond donors (Lipinski definition) is 2. The Morgan fingerprint density at radius 2 is 2.00 bits per heavy atom. The second kappa shape index (κ2) is 5.57. The van der Waals surface area contributed by atoms with Gasteiger partial charge in [-0.3, -0.25) is 0 Å². The van der Waals surface area contributed by atoms with Crippen molar-refractivity contribution in [3.63, 3.8) is 0 Å². The maximum Gasteiger partial charge on any atom is 0.335 e. The molecule has 2 rings (SSSR count). The van der Waals surface area contributed by atoms with Crippen LogP contribution in [0.25, 0.3) is 0 Å². The second-order valence-corrected chi connectivity index (χ2v) is 5.66. The van der Waals surface area contributed by atoms with Crippen LogP contribution in [0, 0.1) is 11.6 Å².